The van der Waals surface area contributed by atoms with Crippen molar-refractivity contribution in [3.05, 3.63) is 0 Å². The second-order valence-corrected chi connectivity index (χ2v) is 5.96. The molecule has 5 nitrogen and oxygen atoms in total. The summed E-state index contributed by atoms with van der Waals surface area (Å²) in [5.41, 5.74) is 0. The van der Waals surface area contributed by atoms with Crippen molar-refractivity contribution in [1.29, 1.82) is 0 Å². The molecule has 0 bridgehead atoms. The number of nitrogens with zero attached hydrogens (tertiary/aromatic N) is 2. The van der Waals surface area contributed by atoms with Crippen LogP contribution in [0.5, 0.6) is 0 Å². The topological polar surface area (TPSA) is 60.9 Å². The molecule has 96 valence electrons. The third-order valence-electron chi connectivity index (χ3n) is 3.52. The Morgan fingerprint density at radius 1 is 1.53 bits per heavy atom. The summed E-state index contributed by atoms with van der Waals surface area (Å²) in [6.45, 7) is 2.92. The maximum Gasteiger partial charge on any atom is 0.327 e. The summed E-state index contributed by atoms with van der Waals surface area (Å²) in [6, 6.07) is -0.812. The zero-order valence-electron chi connectivity index (χ0n) is 10.1. The molecule has 1 aliphatic heterocycles. The molecule has 0 aromatic heterocycles. The van der Waals surface area contributed by atoms with E-state index in [1.165, 1.54) is 23.1 Å². The van der Waals surface area contributed by atoms with Gasteiger partial charge in [-0.3, -0.25) is 0 Å². The van der Waals surface area contributed by atoms with E-state index in [-0.39, 0.29) is 6.03 Å². The lowest BCUT2D eigenvalue weighted by atomic mass is 10.3. The third-order valence-corrected chi connectivity index (χ3v) is 4.54. The summed E-state index contributed by atoms with van der Waals surface area (Å²) in [7, 11) is 1.76. The molecule has 0 radical (unpaired) electrons. The van der Waals surface area contributed by atoms with Crippen LogP contribution in [0.25, 0.3) is 0 Å². The summed E-state index contributed by atoms with van der Waals surface area (Å²) in [5.74, 6) is 1.38. The van der Waals surface area contributed by atoms with Crippen LogP contribution in [0.3, 0.4) is 0 Å². The van der Waals surface area contributed by atoms with E-state index in [1.54, 1.807) is 11.9 Å². The molecule has 2 amide bonds. The van der Waals surface area contributed by atoms with E-state index < -0.39 is 12.0 Å². The highest BCUT2D eigenvalue weighted by molar-refractivity contribution is 7.99. The molecular weight excluding hydrogens is 240 g/mol. The number of rotatable bonds is 3. The minimum atomic E-state index is -0.906. The van der Waals surface area contributed by atoms with Crippen molar-refractivity contribution >= 4 is 23.8 Å². The summed E-state index contributed by atoms with van der Waals surface area (Å²) < 4.78 is 0. The first kappa shape index (κ1) is 12.5. The highest BCUT2D eigenvalue weighted by Crippen LogP contribution is 2.38. The van der Waals surface area contributed by atoms with Crippen molar-refractivity contribution in [1.82, 2.24) is 9.80 Å². The quantitative estimate of drug-likeness (QED) is 0.825. The number of aliphatic carboxylic acids is 1. The Hall–Kier alpha value is -0.910. The van der Waals surface area contributed by atoms with Gasteiger partial charge in [-0.05, 0) is 18.3 Å². The van der Waals surface area contributed by atoms with Gasteiger partial charge in [0, 0.05) is 19.3 Å². The number of carboxylic acids is 1. The molecule has 1 saturated carbocycles. The first-order valence-corrected chi connectivity index (χ1v) is 6.98. The lowest BCUT2D eigenvalue weighted by Crippen LogP contribution is -2.48. The zero-order chi connectivity index (χ0) is 12.6. The van der Waals surface area contributed by atoms with E-state index in [0.29, 0.717) is 23.5 Å². The van der Waals surface area contributed by atoms with Gasteiger partial charge in [-0.15, -0.1) is 11.8 Å². The van der Waals surface area contributed by atoms with E-state index in [1.807, 2.05) is 0 Å². The monoisotopic (exact) mass is 258 g/mol. The van der Waals surface area contributed by atoms with Crippen LogP contribution in [0.4, 0.5) is 4.79 Å². The third kappa shape index (κ3) is 2.68. The molecule has 1 heterocycles. The van der Waals surface area contributed by atoms with Crippen LogP contribution >= 0.6 is 11.8 Å². The Bertz CT molecular complexity index is 337. The number of amides is 2. The molecule has 2 aliphatic rings. The summed E-state index contributed by atoms with van der Waals surface area (Å²) in [5, 5.41) is 9.02. The Morgan fingerprint density at radius 3 is 2.71 bits per heavy atom. The van der Waals surface area contributed by atoms with Gasteiger partial charge in [0.1, 0.15) is 6.04 Å². The lowest BCUT2D eigenvalue weighted by Gasteiger charge is -2.27. The van der Waals surface area contributed by atoms with Crippen LogP contribution in [-0.2, 0) is 4.79 Å². The molecule has 2 unspecified atom stereocenters. The van der Waals surface area contributed by atoms with Crippen molar-refractivity contribution in [2.24, 2.45) is 11.8 Å². The predicted octanol–water partition coefficient (Wildman–Crippen LogP) is 1.15. The van der Waals surface area contributed by atoms with E-state index in [2.05, 4.69) is 6.92 Å². The molecule has 3 atom stereocenters. The van der Waals surface area contributed by atoms with Gasteiger partial charge in [-0.2, -0.15) is 0 Å². The van der Waals surface area contributed by atoms with Crippen molar-refractivity contribution in [2.45, 2.75) is 19.4 Å². The first-order valence-electron chi connectivity index (χ1n) is 5.83. The second-order valence-electron chi connectivity index (χ2n) is 4.96. The van der Waals surface area contributed by atoms with Gasteiger partial charge >= 0.3 is 12.0 Å². The minimum Gasteiger partial charge on any atom is -0.480 e. The number of carbonyl (C=O) groups is 2. The molecule has 2 fully saturated rings. The fraction of sp³-hybridized carbons (Fsp3) is 0.818. The fourth-order valence-corrected chi connectivity index (χ4v) is 3.28. The predicted molar refractivity (Wildman–Crippen MR) is 65.9 cm³/mol. The van der Waals surface area contributed by atoms with Crippen molar-refractivity contribution in [3.63, 3.8) is 0 Å². The van der Waals surface area contributed by atoms with Gasteiger partial charge in [0.25, 0.3) is 0 Å². The van der Waals surface area contributed by atoms with E-state index in [9.17, 15) is 9.59 Å². The van der Waals surface area contributed by atoms with Gasteiger partial charge < -0.3 is 14.9 Å². The van der Waals surface area contributed by atoms with Gasteiger partial charge in [0.2, 0.25) is 0 Å². The molecule has 2 rings (SSSR count). The normalized spacial score (nSPS) is 31.4. The van der Waals surface area contributed by atoms with Crippen LogP contribution in [0.2, 0.25) is 0 Å². The van der Waals surface area contributed by atoms with Crippen LogP contribution in [0.1, 0.15) is 13.3 Å². The van der Waals surface area contributed by atoms with Crippen molar-refractivity contribution < 1.29 is 14.7 Å². The zero-order valence-corrected chi connectivity index (χ0v) is 10.9. The molecule has 17 heavy (non-hydrogen) atoms. The molecule has 1 saturated heterocycles. The van der Waals surface area contributed by atoms with Crippen LogP contribution < -0.4 is 0 Å². The van der Waals surface area contributed by atoms with Gasteiger partial charge in [0.15, 0.2) is 0 Å². The van der Waals surface area contributed by atoms with Crippen molar-refractivity contribution in [2.75, 3.05) is 25.2 Å². The highest BCUT2D eigenvalue weighted by atomic mass is 32.2. The average Bonchev–Trinajstić information content (AvgIpc) is 2.82. The average molecular weight is 258 g/mol. The molecule has 0 aromatic rings. The summed E-state index contributed by atoms with van der Waals surface area (Å²) >= 11 is 1.50. The number of thioether (sulfide) groups is 1. The number of carbonyl (C=O) groups excluding carboxylic acids is 1. The smallest absolute Gasteiger partial charge is 0.327 e. The highest BCUT2D eigenvalue weighted by Gasteiger charge is 2.39. The van der Waals surface area contributed by atoms with Crippen LogP contribution in [0.15, 0.2) is 0 Å². The molecule has 1 aliphatic carbocycles. The van der Waals surface area contributed by atoms with E-state index in [0.717, 1.165) is 6.54 Å². The SMILES string of the molecule is CC1CC1CN(C)C(=O)N1CSC[C@H]1C(=O)O. The van der Waals surface area contributed by atoms with E-state index >= 15 is 0 Å². The fourth-order valence-electron chi connectivity index (χ4n) is 2.14. The molecule has 0 aromatic carbocycles. The Labute approximate surface area is 105 Å². The molecule has 1 N–H and O–H groups in total. The van der Waals surface area contributed by atoms with Crippen molar-refractivity contribution in [3.8, 4) is 0 Å². The van der Waals surface area contributed by atoms with Gasteiger partial charge in [-0.1, -0.05) is 6.92 Å². The first-order chi connectivity index (χ1) is 8.00. The van der Waals surface area contributed by atoms with Gasteiger partial charge in [-0.25, -0.2) is 9.59 Å². The number of urea groups is 1. The Kier molecular flexibility index (Phi) is 3.51. The number of carboxylic acid groups (broad SMARTS) is 1. The maximum atomic E-state index is 12.1. The second kappa shape index (κ2) is 4.76. The summed E-state index contributed by atoms with van der Waals surface area (Å²) in [4.78, 5) is 26.2. The minimum absolute atomic E-state index is 0.151. The number of hydrogen-bond acceptors (Lipinski definition) is 3. The Morgan fingerprint density at radius 2 is 2.18 bits per heavy atom. The van der Waals surface area contributed by atoms with Crippen LogP contribution in [0, 0.1) is 11.8 Å². The molecule has 0 spiro atoms. The largest absolute Gasteiger partial charge is 0.480 e. The van der Waals surface area contributed by atoms with E-state index in [4.69, 9.17) is 5.11 Å². The molecular formula is C11H18N2O3S. The molecule has 6 heteroatoms. The summed E-state index contributed by atoms with van der Waals surface area (Å²) in [6.07, 6.45) is 1.18. The number of hydrogen-bond donors (Lipinski definition) is 1. The maximum absolute atomic E-state index is 12.1. The van der Waals surface area contributed by atoms with Crippen LogP contribution in [-0.4, -0.2) is 58.2 Å². The lowest BCUT2D eigenvalue weighted by molar-refractivity contribution is -0.140. The standard InChI is InChI=1S/C11H18N2O3S/c1-7-3-8(7)4-12(2)11(16)13-6-17-5-9(13)10(14)15/h7-9H,3-6H2,1-2H3,(H,14,15)/t7?,8?,9-/m0/s1. The van der Waals surface area contributed by atoms with Gasteiger partial charge in [0.05, 0.1) is 5.88 Å². The Balaban J connectivity index is 1.91.